The van der Waals surface area contributed by atoms with E-state index in [0.29, 0.717) is 39.1 Å². The third-order valence-corrected chi connectivity index (χ3v) is 4.96. The van der Waals surface area contributed by atoms with Crippen molar-refractivity contribution < 1.29 is 17.9 Å². The van der Waals surface area contributed by atoms with Crippen LogP contribution in [0.4, 0.5) is 4.79 Å². The Morgan fingerprint density at radius 3 is 2.52 bits per heavy atom. The Labute approximate surface area is 137 Å². The van der Waals surface area contributed by atoms with Gasteiger partial charge in [0.05, 0.1) is 12.8 Å². The number of hydrogen-bond acceptors (Lipinski definition) is 4. The zero-order valence-electron chi connectivity index (χ0n) is 13.2. The van der Waals surface area contributed by atoms with Gasteiger partial charge in [-0.3, -0.25) is 0 Å². The van der Waals surface area contributed by atoms with Gasteiger partial charge in [-0.15, -0.1) is 0 Å². The van der Waals surface area contributed by atoms with Gasteiger partial charge < -0.3 is 15.4 Å². The molecule has 8 heteroatoms. The number of sulfonamides is 1. The van der Waals surface area contributed by atoms with Crippen LogP contribution in [-0.2, 0) is 10.0 Å². The van der Waals surface area contributed by atoms with Gasteiger partial charge in [0.1, 0.15) is 12.4 Å². The van der Waals surface area contributed by atoms with Gasteiger partial charge in [-0.1, -0.05) is 18.2 Å². The fraction of sp³-hybridized carbons (Fsp3) is 0.533. The second-order valence-electron chi connectivity index (χ2n) is 5.50. The van der Waals surface area contributed by atoms with Crippen LogP contribution < -0.4 is 15.4 Å². The number of nitrogens with one attached hydrogen (secondary N) is 2. The molecule has 0 spiro atoms. The molecule has 0 saturated carbocycles. The average Bonchev–Trinajstić information content (AvgIpc) is 2.52. The highest BCUT2D eigenvalue weighted by Crippen LogP contribution is 2.13. The van der Waals surface area contributed by atoms with E-state index in [4.69, 9.17) is 4.74 Å². The van der Waals surface area contributed by atoms with Crippen molar-refractivity contribution in [2.45, 2.75) is 18.9 Å². The maximum absolute atomic E-state index is 11.8. The van der Waals surface area contributed by atoms with E-state index in [0.717, 1.165) is 5.75 Å². The molecule has 0 radical (unpaired) electrons. The number of nitrogens with zero attached hydrogens (tertiary/aromatic N) is 1. The van der Waals surface area contributed by atoms with E-state index in [1.54, 1.807) is 0 Å². The normalized spacial score (nSPS) is 16.7. The second kappa shape index (κ2) is 8.16. The number of carbonyl (C=O) groups excluding carboxylic acids is 1. The molecule has 0 bridgehead atoms. The van der Waals surface area contributed by atoms with Crippen molar-refractivity contribution in [3.05, 3.63) is 30.3 Å². The van der Waals surface area contributed by atoms with Crippen molar-refractivity contribution in [2.24, 2.45) is 0 Å². The van der Waals surface area contributed by atoms with Gasteiger partial charge in [-0.05, 0) is 25.0 Å². The van der Waals surface area contributed by atoms with E-state index >= 15 is 0 Å². The van der Waals surface area contributed by atoms with Crippen LogP contribution in [0.25, 0.3) is 0 Å². The molecule has 2 rings (SSSR count). The first-order valence-electron chi connectivity index (χ1n) is 7.62. The topological polar surface area (TPSA) is 87.7 Å². The molecule has 1 saturated heterocycles. The highest BCUT2D eigenvalue weighted by molar-refractivity contribution is 7.88. The summed E-state index contributed by atoms with van der Waals surface area (Å²) in [5, 5.41) is 5.60. The molecule has 1 aromatic carbocycles. The maximum atomic E-state index is 11.8. The highest BCUT2D eigenvalue weighted by Gasteiger charge is 2.25. The standard InChI is InChI=1S/C15H23N3O4S/c1-23(20,21)18-10-7-13(8-11-18)17-15(19)16-9-12-22-14-5-3-2-4-6-14/h2-6,13H,7-12H2,1H3,(H2,16,17,19). The van der Waals surface area contributed by atoms with Gasteiger partial charge in [-0.25, -0.2) is 17.5 Å². The summed E-state index contributed by atoms with van der Waals surface area (Å²) in [7, 11) is -3.13. The number of carbonyl (C=O) groups is 1. The molecule has 1 aromatic rings. The highest BCUT2D eigenvalue weighted by atomic mass is 32.2. The van der Waals surface area contributed by atoms with Gasteiger partial charge >= 0.3 is 6.03 Å². The lowest BCUT2D eigenvalue weighted by Crippen LogP contribution is -2.49. The number of para-hydroxylation sites is 1. The maximum Gasteiger partial charge on any atom is 0.315 e. The third-order valence-electron chi connectivity index (χ3n) is 3.66. The smallest absolute Gasteiger partial charge is 0.315 e. The van der Waals surface area contributed by atoms with Crippen LogP contribution in [0, 0.1) is 0 Å². The zero-order chi connectivity index (χ0) is 16.7. The lowest BCUT2D eigenvalue weighted by molar-refractivity contribution is 0.224. The van der Waals surface area contributed by atoms with Crippen LogP contribution in [0.3, 0.4) is 0 Å². The van der Waals surface area contributed by atoms with Crippen LogP contribution in [-0.4, -0.2) is 57.3 Å². The molecule has 2 N–H and O–H groups in total. The van der Waals surface area contributed by atoms with Crippen LogP contribution in [0.2, 0.25) is 0 Å². The number of hydrogen-bond donors (Lipinski definition) is 2. The van der Waals surface area contributed by atoms with E-state index in [9.17, 15) is 13.2 Å². The minimum atomic E-state index is -3.13. The number of rotatable bonds is 6. The predicted octanol–water partition coefficient (Wildman–Crippen LogP) is 0.789. The molecule has 0 aliphatic carbocycles. The minimum absolute atomic E-state index is 0.00282. The first-order chi connectivity index (χ1) is 10.9. The van der Waals surface area contributed by atoms with Crippen LogP contribution >= 0.6 is 0 Å². The SMILES string of the molecule is CS(=O)(=O)N1CCC(NC(=O)NCCOc2ccccc2)CC1. The number of benzene rings is 1. The molecular formula is C15H23N3O4S. The molecule has 1 heterocycles. The molecule has 7 nitrogen and oxygen atoms in total. The van der Waals surface area contributed by atoms with E-state index in [1.807, 2.05) is 30.3 Å². The molecular weight excluding hydrogens is 318 g/mol. The number of piperidine rings is 1. The summed E-state index contributed by atoms with van der Waals surface area (Å²) >= 11 is 0. The zero-order valence-corrected chi connectivity index (χ0v) is 14.0. The molecule has 0 aromatic heterocycles. The Hall–Kier alpha value is -1.80. The Kier molecular flexibility index (Phi) is 6.23. The first kappa shape index (κ1) is 17.6. The quantitative estimate of drug-likeness (QED) is 0.749. The molecule has 1 aliphatic rings. The Bertz CT molecular complexity index is 598. The molecule has 0 atom stereocenters. The van der Waals surface area contributed by atoms with Gasteiger partial charge in [0.2, 0.25) is 10.0 Å². The van der Waals surface area contributed by atoms with Gasteiger partial charge in [0.25, 0.3) is 0 Å². The lowest BCUT2D eigenvalue weighted by atomic mass is 10.1. The summed E-state index contributed by atoms with van der Waals surface area (Å²) in [5.74, 6) is 0.767. The summed E-state index contributed by atoms with van der Waals surface area (Å²) in [4.78, 5) is 11.8. The van der Waals surface area contributed by atoms with Gasteiger partial charge in [0, 0.05) is 19.1 Å². The monoisotopic (exact) mass is 341 g/mol. The molecule has 0 unspecified atom stereocenters. The van der Waals surface area contributed by atoms with Crippen molar-refractivity contribution in [3.8, 4) is 5.75 Å². The number of ether oxygens (including phenoxy) is 1. The van der Waals surface area contributed by atoms with Gasteiger partial charge in [0.15, 0.2) is 0 Å². The molecule has 2 amide bonds. The van der Waals surface area contributed by atoms with Crippen molar-refractivity contribution in [2.75, 3.05) is 32.5 Å². The second-order valence-corrected chi connectivity index (χ2v) is 7.48. The van der Waals surface area contributed by atoms with E-state index < -0.39 is 10.0 Å². The van der Waals surface area contributed by atoms with Crippen LogP contribution in [0.15, 0.2) is 30.3 Å². The summed E-state index contributed by atoms with van der Waals surface area (Å²) in [6.07, 6.45) is 2.46. The first-order valence-corrected chi connectivity index (χ1v) is 9.47. The van der Waals surface area contributed by atoms with Crippen molar-refractivity contribution in [1.82, 2.24) is 14.9 Å². The van der Waals surface area contributed by atoms with Crippen LogP contribution in [0.1, 0.15) is 12.8 Å². The molecule has 1 fully saturated rings. The van der Waals surface area contributed by atoms with E-state index in [-0.39, 0.29) is 12.1 Å². The largest absolute Gasteiger partial charge is 0.492 e. The summed E-state index contributed by atoms with van der Waals surface area (Å²) in [6, 6.07) is 9.15. The summed E-state index contributed by atoms with van der Waals surface area (Å²) in [5.41, 5.74) is 0. The summed E-state index contributed by atoms with van der Waals surface area (Å²) in [6.45, 7) is 1.69. The molecule has 1 aliphatic heterocycles. The third kappa shape index (κ3) is 6.07. The predicted molar refractivity (Wildman–Crippen MR) is 87.9 cm³/mol. The van der Waals surface area contributed by atoms with Gasteiger partial charge in [-0.2, -0.15) is 0 Å². The van der Waals surface area contributed by atoms with Crippen molar-refractivity contribution in [1.29, 1.82) is 0 Å². The molecule has 128 valence electrons. The molecule has 23 heavy (non-hydrogen) atoms. The average molecular weight is 341 g/mol. The fourth-order valence-electron chi connectivity index (χ4n) is 2.42. The fourth-order valence-corrected chi connectivity index (χ4v) is 3.29. The van der Waals surface area contributed by atoms with Crippen molar-refractivity contribution >= 4 is 16.1 Å². The Morgan fingerprint density at radius 2 is 1.91 bits per heavy atom. The Balaban J connectivity index is 1.60. The van der Waals surface area contributed by atoms with Crippen LogP contribution in [0.5, 0.6) is 5.75 Å². The number of amides is 2. The minimum Gasteiger partial charge on any atom is -0.492 e. The lowest BCUT2D eigenvalue weighted by Gasteiger charge is -2.30. The van der Waals surface area contributed by atoms with Crippen molar-refractivity contribution in [3.63, 3.8) is 0 Å². The summed E-state index contributed by atoms with van der Waals surface area (Å²) < 4.78 is 29.8. The van der Waals surface area contributed by atoms with E-state index in [1.165, 1.54) is 10.6 Å². The van der Waals surface area contributed by atoms with E-state index in [2.05, 4.69) is 10.6 Å². The number of urea groups is 1. The Morgan fingerprint density at radius 1 is 1.26 bits per heavy atom.